The first-order chi connectivity index (χ1) is 8.63. The van der Waals surface area contributed by atoms with Crippen LogP contribution < -0.4 is 11.1 Å². The van der Waals surface area contributed by atoms with Gasteiger partial charge in [-0.2, -0.15) is 0 Å². The van der Waals surface area contributed by atoms with Gasteiger partial charge in [0.1, 0.15) is 5.82 Å². The summed E-state index contributed by atoms with van der Waals surface area (Å²) in [6.07, 6.45) is 0. The first-order valence-electron chi connectivity index (χ1n) is 6.01. The van der Waals surface area contributed by atoms with Crippen LogP contribution >= 0.6 is 0 Å². The third-order valence-electron chi connectivity index (χ3n) is 3.10. The number of nitrogens with one attached hydrogen (secondary N) is 1. The van der Waals surface area contributed by atoms with E-state index >= 15 is 0 Å². The van der Waals surface area contributed by atoms with E-state index in [-0.39, 0.29) is 11.8 Å². The van der Waals surface area contributed by atoms with Gasteiger partial charge in [-0.1, -0.05) is 19.1 Å². The monoisotopic (exact) mass is 246 g/mol. The molecule has 1 aromatic carbocycles. The van der Waals surface area contributed by atoms with Gasteiger partial charge in [0.15, 0.2) is 0 Å². The summed E-state index contributed by atoms with van der Waals surface area (Å²) in [5, 5.41) is 2.85. The Kier molecular flexibility index (Phi) is 3.62. The van der Waals surface area contributed by atoms with Crippen molar-refractivity contribution in [1.82, 2.24) is 14.9 Å². The molecule has 0 aliphatic heterocycles. The highest BCUT2D eigenvalue weighted by Crippen LogP contribution is 2.13. The van der Waals surface area contributed by atoms with Crippen LogP contribution in [0.25, 0.3) is 11.0 Å². The Morgan fingerprint density at radius 3 is 2.89 bits per heavy atom. The Hall–Kier alpha value is -1.88. The smallest absolute Gasteiger partial charge is 0.224 e. The van der Waals surface area contributed by atoms with Crippen LogP contribution in [0.4, 0.5) is 0 Å². The summed E-state index contributed by atoms with van der Waals surface area (Å²) in [6.45, 7) is 2.59. The number of para-hydroxylation sites is 2. The number of rotatable bonds is 4. The summed E-state index contributed by atoms with van der Waals surface area (Å²) in [7, 11) is 1.95. The molecular formula is C13H18N4O. The second-order valence-electron chi connectivity index (χ2n) is 4.43. The van der Waals surface area contributed by atoms with E-state index in [4.69, 9.17) is 5.73 Å². The highest BCUT2D eigenvalue weighted by atomic mass is 16.1. The molecule has 0 saturated carbocycles. The van der Waals surface area contributed by atoms with Crippen LogP contribution in [-0.2, 0) is 18.4 Å². The van der Waals surface area contributed by atoms with Crippen LogP contribution in [0.15, 0.2) is 24.3 Å². The molecule has 0 aliphatic carbocycles. The molecule has 3 N–H and O–H groups in total. The normalized spacial score (nSPS) is 12.6. The Morgan fingerprint density at radius 1 is 1.50 bits per heavy atom. The molecule has 2 rings (SSSR count). The fourth-order valence-corrected chi connectivity index (χ4v) is 1.80. The highest BCUT2D eigenvalue weighted by Gasteiger charge is 2.12. The molecule has 0 fully saturated rings. The van der Waals surface area contributed by atoms with Crippen molar-refractivity contribution >= 4 is 16.9 Å². The molecule has 1 unspecified atom stereocenters. The van der Waals surface area contributed by atoms with E-state index < -0.39 is 0 Å². The lowest BCUT2D eigenvalue weighted by atomic mass is 10.2. The van der Waals surface area contributed by atoms with E-state index in [1.807, 2.05) is 42.8 Å². The molecule has 1 heterocycles. The zero-order valence-corrected chi connectivity index (χ0v) is 10.7. The van der Waals surface area contributed by atoms with Crippen molar-refractivity contribution in [3.8, 4) is 0 Å². The zero-order valence-electron chi connectivity index (χ0n) is 10.7. The lowest BCUT2D eigenvalue weighted by Gasteiger charge is -2.09. The minimum Gasteiger partial charge on any atom is -0.349 e. The zero-order chi connectivity index (χ0) is 13.1. The lowest BCUT2D eigenvalue weighted by molar-refractivity contribution is -0.124. The van der Waals surface area contributed by atoms with Crippen LogP contribution in [0.5, 0.6) is 0 Å². The SMILES string of the molecule is CC(CN)C(=O)NCc1nc2ccccc2n1C. The molecule has 1 atom stereocenters. The van der Waals surface area contributed by atoms with Crippen molar-refractivity contribution in [2.75, 3.05) is 6.54 Å². The summed E-state index contributed by atoms with van der Waals surface area (Å²) >= 11 is 0. The lowest BCUT2D eigenvalue weighted by Crippen LogP contribution is -2.33. The van der Waals surface area contributed by atoms with Crippen LogP contribution in [0.2, 0.25) is 0 Å². The van der Waals surface area contributed by atoms with Crippen LogP contribution in [0.3, 0.4) is 0 Å². The van der Waals surface area contributed by atoms with E-state index in [0.717, 1.165) is 16.9 Å². The van der Waals surface area contributed by atoms with Crippen LogP contribution in [0.1, 0.15) is 12.7 Å². The molecule has 0 spiro atoms. The topological polar surface area (TPSA) is 72.9 Å². The number of carbonyl (C=O) groups excluding carboxylic acids is 1. The molecule has 1 aromatic heterocycles. The molecule has 5 heteroatoms. The first kappa shape index (κ1) is 12.6. The average Bonchev–Trinajstić information content (AvgIpc) is 2.72. The number of amides is 1. The fourth-order valence-electron chi connectivity index (χ4n) is 1.80. The second kappa shape index (κ2) is 5.18. The summed E-state index contributed by atoms with van der Waals surface area (Å²) in [4.78, 5) is 16.1. The number of nitrogens with two attached hydrogens (primary N) is 1. The standard InChI is InChI=1S/C13H18N4O/c1-9(7-14)13(18)15-8-12-16-10-5-3-4-6-11(10)17(12)2/h3-6,9H,7-8,14H2,1-2H3,(H,15,18). The quantitative estimate of drug-likeness (QED) is 0.837. The van der Waals surface area contributed by atoms with Crippen LogP contribution in [0, 0.1) is 5.92 Å². The molecule has 0 aliphatic rings. The minimum atomic E-state index is -0.167. The number of hydrogen-bond acceptors (Lipinski definition) is 3. The second-order valence-corrected chi connectivity index (χ2v) is 4.43. The molecule has 96 valence electrons. The van der Waals surface area contributed by atoms with Crippen LogP contribution in [-0.4, -0.2) is 22.0 Å². The Labute approximate surface area is 106 Å². The number of hydrogen-bond donors (Lipinski definition) is 2. The summed E-state index contributed by atoms with van der Waals surface area (Å²) in [5.74, 6) is 0.637. The molecule has 2 aromatic rings. The van der Waals surface area contributed by atoms with E-state index in [1.165, 1.54) is 0 Å². The van der Waals surface area contributed by atoms with Crippen molar-refractivity contribution in [3.63, 3.8) is 0 Å². The maximum atomic E-state index is 11.6. The van der Waals surface area contributed by atoms with Crippen molar-refractivity contribution in [1.29, 1.82) is 0 Å². The van der Waals surface area contributed by atoms with Gasteiger partial charge in [-0.3, -0.25) is 4.79 Å². The van der Waals surface area contributed by atoms with E-state index in [9.17, 15) is 4.79 Å². The van der Waals surface area contributed by atoms with Gasteiger partial charge in [-0.25, -0.2) is 4.98 Å². The van der Waals surface area contributed by atoms with Crippen molar-refractivity contribution < 1.29 is 4.79 Å². The third-order valence-corrected chi connectivity index (χ3v) is 3.10. The van der Waals surface area contributed by atoms with Crippen molar-refractivity contribution in [2.24, 2.45) is 18.7 Å². The number of benzene rings is 1. The Morgan fingerprint density at radius 2 is 2.22 bits per heavy atom. The van der Waals surface area contributed by atoms with E-state index in [2.05, 4.69) is 10.3 Å². The molecule has 0 bridgehead atoms. The first-order valence-corrected chi connectivity index (χ1v) is 6.01. The molecular weight excluding hydrogens is 228 g/mol. The Balaban J connectivity index is 2.13. The molecule has 18 heavy (non-hydrogen) atoms. The van der Waals surface area contributed by atoms with E-state index in [1.54, 1.807) is 0 Å². The summed E-state index contributed by atoms with van der Waals surface area (Å²) in [5.41, 5.74) is 7.46. The maximum absolute atomic E-state index is 11.6. The molecule has 5 nitrogen and oxygen atoms in total. The van der Waals surface area contributed by atoms with Crippen molar-refractivity contribution in [3.05, 3.63) is 30.1 Å². The number of fused-ring (bicyclic) bond motifs is 1. The Bertz CT molecular complexity index is 561. The fraction of sp³-hybridized carbons (Fsp3) is 0.385. The van der Waals surface area contributed by atoms with Gasteiger partial charge in [0.2, 0.25) is 5.91 Å². The molecule has 0 saturated heterocycles. The third kappa shape index (κ3) is 2.36. The predicted octanol–water partition coefficient (Wildman–Crippen LogP) is 0.784. The number of aromatic nitrogens is 2. The minimum absolute atomic E-state index is 0.0374. The van der Waals surface area contributed by atoms with Gasteiger partial charge in [-0.15, -0.1) is 0 Å². The average molecular weight is 246 g/mol. The summed E-state index contributed by atoms with van der Waals surface area (Å²) < 4.78 is 1.99. The van der Waals surface area contributed by atoms with Gasteiger partial charge in [0.05, 0.1) is 17.6 Å². The van der Waals surface area contributed by atoms with Gasteiger partial charge < -0.3 is 15.6 Å². The molecule has 0 radical (unpaired) electrons. The van der Waals surface area contributed by atoms with Gasteiger partial charge in [0, 0.05) is 19.5 Å². The van der Waals surface area contributed by atoms with Gasteiger partial charge >= 0.3 is 0 Å². The van der Waals surface area contributed by atoms with Gasteiger partial charge in [-0.05, 0) is 12.1 Å². The molecule has 1 amide bonds. The number of aryl methyl sites for hydroxylation is 1. The number of carbonyl (C=O) groups is 1. The number of imidazole rings is 1. The highest BCUT2D eigenvalue weighted by molar-refractivity contribution is 5.79. The maximum Gasteiger partial charge on any atom is 0.224 e. The number of nitrogens with zero attached hydrogens (tertiary/aromatic N) is 2. The van der Waals surface area contributed by atoms with Crippen molar-refractivity contribution in [2.45, 2.75) is 13.5 Å². The van der Waals surface area contributed by atoms with Gasteiger partial charge in [0.25, 0.3) is 0 Å². The predicted molar refractivity (Wildman–Crippen MR) is 70.8 cm³/mol. The van der Waals surface area contributed by atoms with E-state index in [0.29, 0.717) is 13.1 Å². The largest absolute Gasteiger partial charge is 0.349 e. The summed E-state index contributed by atoms with van der Waals surface area (Å²) in [6, 6.07) is 7.90.